The zero-order valence-electron chi connectivity index (χ0n) is 11.1. The Bertz CT molecular complexity index is 305. The summed E-state index contributed by atoms with van der Waals surface area (Å²) in [6.45, 7) is 13.3. The Hall–Kier alpha value is 0.607. The third kappa shape index (κ3) is 2.89. The van der Waals surface area contributed by atoms with E-state index in [-0.39, 0.29) is 17.2 Å². The maximum absolute atomic E-state index is 9.81. The van der Waals surface area contributed by atoms with Crippen LogP contribution in [0.4, 0.5) is 0 Å². The van der Waals surface area contributed by atoms with E-state index in [1.165, 1.54) is 5.57 Å². The van der Waals surface area contributed by atoms with Crippen LogP contribution in [0.25, 0.3) is 0 Å². The van der Waals surface area contributed by atoms with E-state index in [2.05, 4.69) is 63.4 Å². The van der Waals surface area contributed by atoms with Crippen LogP contribution in [0.3, 0.4) is 0 Å². The van der Waals surface area contributed by atoms with E-state index in [1.54, 1.807) is 0 Å². The predicted molar refractivity (Wildman–Crippen MR) is 79.4 cm³/mol. The zero-order chi connectivity index (χ0) is 12.7. The normalized spacial score (nSPS) is 27.8. The molecular weight excluding hydrogens is 331 g/mol. The molecule has 1 aliphatic carbocycles. The van der Waals surface area contributed by atoms with Gasteiger partial charge in [0.2, 0.25) is 0 Å². The molecule has 0 bridgehead atoms. The summed E-state index contributed by atoms with van der Waals surface area (Å²) in [6.07, 6.45) is 0.550. The maximum Gasteiger partial charge on any atom is 0.192 e. The van der Waals surface area contributed by atoms with Crippen molar-refractivity contribution in [3.8, 4) is 0 Å². The smallest absolute Gasteiger partial charge is 0.192 e. The number of hydrogen-bond acceptors (Lipinski definition) is 2. The molecule has 1 N–H and O–H groups in total. The molecule has 1 rings (SSSR count). The third-order valence-corrected chi connectivity index (χ3v) is 9.89. The molecule has 0 unspecified atom stereocenters. The number of halogens is 1. The number of aliphatic hydroxyl groups excluding tert-OH is 1. The number of aliphatic hydroxyl groups is 1. The molecule has 2 atom stereocenters. The second-order valence-electron chi connectivity index (χ2n) is 6.15. The van der Waals surface area contributed by atoms with Gasteiger partial charge in [0.05, 0.1) is 12.2 Å². The van der Waals surface area contributed by atoms with E-state index in [4.69, 9.17) is 4.43 Å². The van der Waals surface area contributed by atoms with Crippen LogP contribution >= 0.6 is 22.6 Å². The summed E-state index contributed by atoms with van der Waals surface area (Å²) in [5, 5.41) is 10.0. The van der Waals surface area contributed by atoms with E-state index in [0.29, 0.717) is 0 Å². The molecule has 94 valence electrons. The summed E-state index contributed by atoms with van der Waals surface area (Å²) < 4.78 is 7.40. The van der Waals surface area contributed by atoms with Crippen molar-refractivity contribution < 1.29 is 9.53 Å². The van der Waals surface area contributed by atoms with Crippen molar-refractivity contribution in [1.29, 1.82) is 0 Å². The molecule has 0 saturated heterocycles. The van der Waals surface area contributed by atoms with Gasteiger partial charge in [-0.2, -0.15) is 0 Å². The fourth-order valence-electron chi connectivity index (χ4n) is 1.57. The van der Waals surface area contributed by atoms with Gasteiger partial charge in [-0.05, 0) is 53.2 Å². The van der Waals surface area contributed by atoms with Gasteiger partial charge < -0.3 is 9.53 Å². The highest BCUT2D eigenvalue weighted by Crippen LogP contribution is 2.41. The van der Waals surface area contributed by atoms with Gasteiger partial charge in [-0.15, -0.1) is 0 Å². The number of hydrogen-bond donors (Lipinski definition) is 1. The second-order valence-corrected chi connectivity index (χ2v) is 12.1. The van der Waals surface area contributed by atoms with Gasteiger partial charge in [0.25, 0.3) is 0 Å². The topological polar surface area (TPSA) is 29.5 Å². The highest BCUT2D eigenvalue weighted by molar-refractivity contribution is 14.1. The quantitative estimate of drug-likeness (QED) is 0.603. The molecule has 0 aliphatic heterocycles. The van der Waals surface area contributed by atoms with Crippen LogP contribution in [0.15, 0.2) is 9.15 Å². The Morgan fingerprint density at radius 1 is 1.38 bits per heavy atom. The van der Waals surface area contributed by atoms with Crippen LogP contribution in [-0.4, -0.2) is 25.6 Å². The van der Waals surface area contributed by atoms with Crippen LogP contribution in [0.2, 0.25) is 18.1 Å². The van der Waals surface area contributed by atoms with E-state index in [0.717, 1.165) is 10.0 Å². The predicted octanol–water partition coefficient (Wildman–Crippen LogP) is 3.85. The summed E-state index contributed by atoms with van der Waals surface area (Å²) in [7, 11) is -1.72. The van der Waals surface area contributed by atoms with Crippen LogP contribution in [0, 0.1) is 0 Å². The molecule has 0 aromatic carbocycles. The van der Waals surface area contributed by atoms with Crippen LogP contribution in [0.5, 0.6) is 0 Å². The fourth-order valence-corrected chi connectivity index (χ4v) is 3.51. The van der Waals surface area contributed by atoms with Crippen molar-refractivity contribution in [2.45, 2.75) is 64.5 Å². The highest BCUT2D eigenvalue weighted by Gasteiger charge is 2.41. The van der Waals surface area contributed by atoms with Crippen molar-refractivity contribution in [2.24, 2.45) is 0 Å². The fraction of sp³-hybridized carbons (Fsp3) is 0.833. The van der Waals surface area contributed by atoms with Gasteiger partial charge >= 0.3 is 0 Å². The highest BCUT2D eigenvalue weighted by atomic mass is 127. The summed E-state index contributed by atoms with van der Waals surface area (Å²) in [5.41, 5.74) is 1.22. The lowest BCUT2D eigenvalue weighted by Gasteiger charge is -2.38. The van der Waals surface area contributed by atoms with Crippen LogP contribution in [0.1, 0.15) is 34.1 Å². The van der Waals surface area contributed by atoms with E-state index in [1.807, 2.05) is 0 Å². The number of rotatable bonds is 2. The van der Waals surface area contributed by atoms with Gasteiger partial charge in [-0.1, -0.05) is 20.8 Å². The van der Waals surface area contributed by atoms with E-state index >= 15 is 0 Å². The minimum atomic E-state index is -1.72. The lowest BCUT2D eigenvalue weighted by atomic mass is 10.2. The van der Waals surface area contributed by atoms with Crippen molar-refractivity contribution in [3.05, 3.63) is 9.15 Å². The van der Waals surface area contributed by atoms with E-state index in [9.17, 15) is 5.11 Å². The summed E-state index contributed by atoms with van der Waals surface area (Å²) in [4.78, 5) is 0. The van der Waals surface area contributed by atoms with Crippen LogP contribution in [-0.2, 0) is 4.43 Å². The molecular formula is C12H23IO2Si. The first-order valence-electron chi connectivity index (χ1n) is 5.78. The Morgan fingerprint density at radius 2 is 1.88 bits per heavy atom. The molecule has 0 radical (unpaired) electrons. The molecule has 0 saturated carbocycles. The lowest BCUT2D eigenvalue weighted by Crippen LogP contribution is -2.44. The molecule has 0 heterocycles. The van der Waals surface area contributed by atoms with Gasteiger partial charge in [0.1, 0.15) is 0 Å². The van der Waals surface area contributed by atoms with Crippen molar-refractivity contribution >= 4 is 30.9 Å². The Balaban J connectivity index is 2.78. The Kier molecular flexibility index (Phi) is 4.31. The summed E-state index contributed by atoms with van der Waals surface area (Å²) >= 11 is 2.24. The average molecular weight is 354 g/mol. The standard InChI is InChI=1S/C12H23IO2Si/c1-8-10(7-9(14)11(8)13)15-16(5,6)12(2,3)4/h9-10,14H,7H2,1-6H3/t9-,10+/m1/s1. The van der Waals surface area contributed by atoms with E-state index < -0.39 is 8.32 Å². The Morgan fingerprint density at radius 3 is 2.19 bits per heavy atom. The third-order valence-electron chi connectivity index (χ3n) is 3.83. The first-order valence-corrected chi connectivity index (χ1v) is 9.77. The average Bonchev–Trinajstić information content (AvgIpc) is 2.31. The monoisotopic (exact) mass is 354 g/mol. The van der Waals surface area contributed by atoms with Crippen molar-refractivity contribution in [1.82, 2.24) is 0 Å². The molecule has 0 fully saturated rings. The summed E-state index contributed by atoms with van der Waals surface area (Å²) in [5.74, 6) is 0. The molecule has 0 aromatic rings. The minimum absolute atomic E-state index is 0.128. The molecule has 0 spiro atoms. The molecule has 1 aliphatic rings. The lowest BCUT2D eigenvalue weighted by molar-refractivity contribution is 0.151. The minimum Gasteiger partial charge on any atom is -0.410 e. The molecule has 2 nitrogen and oxygen atoms in total. The Labute approximate surface area is 114 Å². The zero-order valence-corrected chi connectivity index (χ0v) is 14.3. The first kappa shape index (κ1) is 14.7. The molecule has 0 amide bonds. The van der Waals surface area contributed by atoms with Gasteiger partial charge in [0.15, 0.2) is 8.32 Å². The maximum atomic E-state index is 9.81. The SMILES string of the molecule is CC1=C(I)[C@H](O)C[C@@H]1O[Si](C)(C)C(C)(C)C. The van der Waals surface area contributed by atoms with Crippen LogP contribution < -0.4 is 0 Å². The van der Waals surface area contributed by atoms with Gasteiger partial charge in [-0.25, -0.2) is 0 Å². The molecule has 16 heavy (non-hydrogen) atoms. The molecule has 0 aromatic heterocycles. The van der Waals surface area contributed by atoms with Gasteiger partial charge in [-0.3, -0.25) is 0 Å². The van der Waals surface area contributed by atoms with Gasteiger partial charge in [0, 0.05) is 10.0 Å². The first-order chi connectivity index (χ1) is 7.06. The molecule has 4 heteroatoms. The summed E-state index contributed by atoms with van der Waals surface area (Å²) in [6, 6.07) is 0. The van der Waals surface area contributed by atoms with Crippen molar-refractivity contribution in [3.63, 3.8) is 0 Å². The second kappa shape index (κ2) is 4.70. The largest absolute Gasteiger partial charge is 0.410 e. The van der Waals surface area contributed by atoms with Crippen molar-refractivity contribution in [2.75, 3.05) is 0 Å².